The maximum atomic E-state index is 13.3. The van der Waals surface area contributed by atoms with Crippen molar-refractivity contribution in [2.45, 2.75) is 23.6 Å². The van der Waals surface area contributed by atoms with E-state index in [1.807, 2.05) is 5.32 Å². The van der Waals surface area contributed by atoms with Gasteiger partial charge in [0.05, 0.1) is 31.4 Å². The first kappa shape index (κ1) is 24.0. The van der Waals surface area contributed by atoms with Crippen molar-refractivity contribution in [3.8, 4) is 6.07 Å². The van der Waals surface area contributed by atoms with E-state index in [2.05, 4.69) is 0 Å². The quantitative estimate of drug-likeness (QED) is 0.333. The first-order valence-electron chi connectivity index (χ1n) is 8.00. The van der Waals surface area contributed by atoms with E-state index >= 15 is 0 Å². The van der Waals surface area contributed by atoms with Gasteiger partial charge in [0.25, 0.3) is 5.91 Å². The van der Waals surface area contributed by atoms with Crippen molar-refractivity contribution in [2.75, 3.05) is 11.1 Å². The summed E-state index contributed by atoms with van der Waals surface area (Å²) in [4.78, 5) is 12.0. The summed E-state index contributed by atoms with van der Waals surface area (Å²) in [5, 5.41) is 21.2. The number of aliphatic hydroxyl groups is 1. The molecule has 1 amide bonds. The van der Waals surface area contributed by atoms with Crippen LogP contribution in [0.4, 0.5) is 23.2 Å². The average Bonchev–Trinajstić information content (AvgIpc) is 2.62. The lowest BCUT2D eigenvalue weighted by Crippen LogP contribution is -2.45. The number of alkyl halides is 3. The molecule has 0 heterocycles. The van der Waals surface area contributed by atoms with E-state index in [-0.39, 0.29) is 14.2 Å². The topological polar surface area (TPSA) is 107 Å². The molecule has 0 saturated carbocycles. The number of amides is 1. The molecular formula is C18H13F4IN2O4S. The standard InChI is InChI=1S/C18H13F4IN2O4S/c1-17(27,9-30(28,29)12-4-5-14(19)15(23)7-12)16(26)25-11-3-2-10(8-24)13(6-11)18(20,21)22/h2-7,27H,9H2,1H3,(H,25,26). The minimum atomic E-state index is -4.86. The van der Waals surface area contributed by atoms with Crippen LogP contribution >= 0.6 is 22.6 Å². The van der Waals surface area contributed by atoms with Gasteiger partial charge >= 0.3 is 6.18 Å². The molecule has 6 nitrogen and oxygen atoms in total. The Labute approximate surface area is 182 Å². The highest BCUT2D eigenvalue weighted by Gasteiger charge is 2.38. The third kappa shape index (κ3) is 5.46. The molecule has 0 aliphatic heterocycles. The Bertz CT molecular complexity index is 1140. The minimum absolute atomic E-state index is 0.00929. The Hall–Kier alpha value is -2.24. The van der Waals surface area contributed by atoms with E-state index in [0.29, 0.717) is 6.07 Å². The summed E-state index contributed by atoms with van der Waals surface area (Å²) >= 11 is 1.57. The summed E-state index contributed by atoms with van der Waals surface area (Å²) < 4.78 is 77.4. The van der Waals surface area contributed by atoms with Gasteiger partial charge in [0.1, 0.15) is 5.82 Å². The van der Waals surface area contributed by atoms with Gasteiger partial charge in [0.2, 0.25) is 0 Å². The molecule has 160 valence electrons. The summed E-state index contributed by atoms with van der Waals surface area (Å²) in [6.45, 7) is 0.878. The van der Waals surface area contributed by atoms with E-state index in [4.69, 9.17) is 5.26 Å². The van der Waals surface area contributed by atoms with Crippen molar-refractivity contribution in [1.29, 1.82) is 5.26 Å². The minimum Gasteiger partial charge on any atom is -0.379 e. The van der Waals surface area contributed by atoms with Crippen LogP contribution in [0.25, 0.3) is 0 Å². The third-order valence-corrected chi connectivity index (χ3v) is 6.65. The summed E-state index contributed by atoms with van der Waals surface area (Å²) in [7, 11) is -4.24. The van der Waals surface area contributed by atoms with Crippen molar-refractivity contribution in [1.82, 2.24) is 0 Å². The second-order valence-corrected chi connectivity index (χ2v) is 9.58. The number of hydrogen-bond donors (Lipinski definition) is 2. The molecule has 12 heteroatoms. The molecule has 2 aromatic rings. The fraction of sp³-hybridized carbons (Fsp3) is 0.222. The molecule has 0 radical (unpaired) electrons. The molecule has 0 saturated heterocycles. The Kier molecular flexibility index (Phi) is 6.79. The second kappa shape index (κ2) is 8.48. The van der Waals surface area contributed by atoms with Crippen LogP contribution < -0.4 is 5.32 Å². The lowest BCUT2D eigenvalue weighted by atomic mass is 10.1. The van der Waals surface area contributed by atoms with E-state index < -0.39 is 50.2 Å². The molecule has 0 fully saturated rings. The van der Waals surface area contributed by atoms with Crippen molar-refractivity contribution in [3.05, 3.63) is 56.9 Å². The smallest absolute Gasteiger partial charge is 0.379 e. The average molecular weight is 556 g/mol. The Balaban J connectivity index is 2.28. The molecule has 0 aliphatic carbocycles. The van der Waals surface area contributed by atoms with Gasteiger partial charge in [0.15, 0.2) is 15.4 Å². The highest BCUT2D eigenvalue weighted by Crippen LogP contribution is 2.33. The molecule has 1 atom stereocenters. The van der Waals surface area contributed by atoms with E-state index in [0.717, 1.165) is 37.3 Å². The maximum Gasteiger partial charge on any atom is 0.417 e. The fourth-order valence-corrected chi connectivity index (χ4v) is 4.75. The van der Waals surface area contributed by atoms with Crippen LogP contribution in [0, 0.1) is 20.7 Å². The van der Waals surface area contributed by atoms with Gasteiger partial charge in [-0.2, -0.15) is 18.4 Å². The van der Waals surface area contributed by atoms with E-state index in [1.54, 1.807) is 22.6 Å². The molecule has 0 bridgehead atoms. The zero-order valence-electron chi connectivity index (χ0n) is 15.1. The molecule has 30 heavy (non-hydrogen) atoms. The number of rotatable bonds is 5. The normalized spacial score (nSPS) is 13.9. The summed E-state index contributed by atoms with van der Waals surface area (Å²) in [6.07, 6.45) is -4.86. The number of halogens is 5. The molecule has 1 unspecified atom stereocenters. The van der Waals surface area contributed by atoms with E-state index in [9.17, 15) is 35.9 Å². The van der Waals surface area contributed by atoms with Crippen LogP contribution in [0.3, 0.4) is 0 Å². The van der Waals surface area contributed by atoms with Crippen LogP contribution in [-0.2, 0) is 20.8 Å². The van der Waals surface area contributed by atoms with Crippen molar-refractivity contribution in [3.63, 3.8) is 0 Å². The van der Waals surface area contributed by atoms with Gasteiger partial charge in [-0.3, -0.25) is 4.79 Å². The summed E-state index contributed by atoms with van der Waals surface area (Å²) in [5.74, 6) is -3.03. The number of carbonyl (C=O) groups is 1. The Morgan fingerprint density at radius 2 is 1.87 bits per heavy atom. The molecule has 0 aromatic heterocycles. The number of nitrogens with zero attached hydrogens (tertiary/aromatic N) is 1. The number of nitrogens with one attached hydrogen (secondary N) is 1. The largest absolute Gasteiger partial charge is 0.417 e. The number of hydrogen-bond acceptors (Lipinski definition) is 5. The predicted octanol–water partition coefficient (Wildman–Crippen LogP) is 3.48. The zero-order valence-corrected chi connectivity index (χ0v) is 18.1. The number of carbonyl (C=O) groups excluding carboxylic acids is 1. The Morgan fingerprint density at radius 3 is 2.40 bits per heavy atom. The molecule has 2 N–H and O–H groups in total. The number of sulfone groups is 1. The van der Waals surface area contributed by atoms with E-state index in [1.165, 1.54) is 6.07 Å². The second-order valence-electron chi connectivity index (χ2n) is 6.43. The SMILES string of the molecule is CC(O)(CS(=O)(=O)c1ccc(F)c(I)c1)C(=O)Nc1ccc(C#N)c(C(F)(F)F)c1. The highest BCUT2D eigenvalue weighted by molar-refractivity contribution is 14.1. The summed E-state index contributed by atoms with van der Waals surface area (Å²) in [5.41, 5.74) is -4.87. The third-order valence-electron chi connectivity index (χ3n) is 3.91. The first-order valence-corrected chi connectivity index (χ1v) is 10.7. The predicted molar refractivity (Wildman–Crippen MR) is 107 cm³/mol. The lowest BCUT2D eigenvalue weighted by Gasteiger charge is -2.22. The van der Waals surface area contributed by atoms with Gasteiger partial charge in [0, 0.05) is 5.69 Å². The van der Waals surface area contributed by atoms with Gasteiger partial charge in [-0.25, -0.2) is 12.8 Å². The van der Waals surface area contributed by atoms with Crippen LogP contribution in [0.15, 0.2) is 41.3 Å². The van der Waals surface area contributed by atoms with Crippen LogP contribution in [0.1, 0.15) is 18.1 Å². The number of anilines is 1. The molecular weight excluding hydrogens is 543 g/mol. The number of benzene rings is 2. The zero-order chi connectivity index (χ0) is 22.9. The maximum absolute atomic E-state index is 13.3. The van der Waals surface area contributed by atoms with Gasteiger partial charge in [-0.15, -0.1) is 0 Å². The molecule has 2 aromatic carbocycles. The van der Waals surface area contributed by atoms with Crippen LogP contribution in [0.5, 0.6) is 0 Å². The first-order chi connectivity index (χ1) is 13.7. The van der Waals surface area contributed by atoms with Crippen molar-refractivity contribution < 1.29 is 35.9 Å². The molecule has 0 aliphatic rings. The molecule has 0 spiro atoms. The van der Waals surface area contributed by atoms with Crippen molar-refractivity contribution in [2.24, 2.45) is 0 Å². The van der Waals surface area contributed by atoms with Gasteiger partial charge < -0.3 is 10.4 Å². The molecule has 2 rings (SSSR count). The lowest BCUT2D eigenvalue weighted by molar-refractivity contribution is -0.137. The summed E-state index contributed by atoms with van der Waals surface area (Å²) in [6, 6.07) is 6.64. The van der Waals surface area contributed by atoms with Gasteiger partial charge in [-0.1, -0.05) is 0 Å². The Morgan fingerprint density at radius 1 is 1.23 bits per heavy atom. The van der Waals surface area contributed by atoms with Crippen LogP contribution in [0.2, 0.25) is 0 Å². The van der Waals surface area contributed by atoms with Crippen molar-refractivity contribution >= 4 is 44.0 Å². The number of nitriles is 1. The van der Waals surface area contributed by atoms with Gasteiger partial charge in [-0.05, 0) is 65.9 Å². The monoisotopic (exact) mass is 556 g/mol. The fourth-order valence-electron chi connectivity index (χ4n) is 2.41. The highest BCUT2D eigenvalue weighted by atomic mass is 127. The van der Waals surface area contributed by atoms with Crippen LogP contribution in [-0.4, -0.2) is 30.8 Å².